The zero-order chi connectivity index (χ0) is 28.2. The highest BCUT2D eigenvalue weighted by molar-refractivity contribution is 7.99. The fourth-order valence-electron chi connectivity index (χ4n) is 4.98. The van der Waals surface area contributed by atoms with E-state index in [2.05, 4.69) is 0 Å². The van der Waals surface area contributed by atoms with E-state index < -0.39 is 72.9 Å². The van der Waals surface area contributed by atoms with Crippen LogP contribution in [0.1, 0.15) is 22.3 Å². The third kappa shape index (κ3) is 6.86. The van der Waals surface area contributed by atoms with E-state index in [1.165, 1.54) is 23.5 Å². The second-order valence-electron chi connectivity index (χ2n) is 10.2. The quantitative estimate of drug-likeness (QED) is 0.286. The van der Waals surface area contributed by atoms with Gasteiger partial charge in [0.25, 0.3) is 0 Å². The molecule has 0 unspecified atom stereocenters. The summed E-state index contributed by atoms with van der Waals surface area (Å²) in [6.07, 6.45) is -8.28. The summed E-state index contributed by atoms with van der Waals surface area (Å²) in [5.41, 5.74) is 2.17. The Morgan fingerprint density at radius 1 is 0.550 bits per heavy atom. The van der Waals surface area contributed by atoms with Gasteiger partial charge in [-0.25, -0.2) is 0 Å². The van der Waals surface area contributed by atoms with E-state index in [1.54, 1.807) is 0 Å². The maximum absolute atomic E-state index is 11.0. The predicted molar refractivity (Wildman–Crippen MR) is 148 cm³/mol. The van der Waals surface area contributed by atoms with Gasteiger partial charge in [-0.15, -0.1) is 23.5 Å². The van der Waals surface area contributed by atoms with Crippen molar-refractivity contribution >= 4 is 23.5 Å². The van der Waals surface area contributed by atoms with E-state index >= 15 is 0 Å². The number of aliphatic hydroxyl groups excluding tert-OH is 6. The lowest BCUT2D eigenvalue weighted by molar-refractivity contribution is -0.223. The largest absolute Gasteiger partial charge is 0.394 e. The minimum absolute atomic E-state index is 0.116. The molecule has 6 N–H and O–H groups in total. The first-order chi connectivity index (χ1) is 19.4. The highest BCUT2D eigenvalue weighted by atomic mass is 32.2. The third-order valence-electron chi connectivity index (χ3n) is 7.40. The lowest BCUT2D eigenvalue weighted by Gasteiger charge is -2.42. The lowest BCUT2D eigenvalue weighted by Crippen LogP contribution is -2.58. The standard InChI is InChI=1S/C28H36O10S2/c29-9-19-21(31)25-23(33)27(37-19)39-13-17-5-7-18(8-6-17)14-40-28-24(34)26(22(32)20(10-30)38-28)36-12-16-2-1-15(3-4-16)11-35-25/h1-8,19-34H,9-14H2/t19-,20-,21-,22-,23-,24-,25+,26+,27+,28+/m1/s1. The van der Waals surface area contributed by atoms with Gasteiger partial charge in [0.05, 0.1) is 26.4 Å². The van der Waals surface area contributed by atoms with Crippen molar-refractivity contribution in [3.05, 3.63) is 70.8 Å². The molecule has 10 atom stereocenters. The van der Waals surface area contributed by atoms with E-state index in [1.807, 2.05) is 48.5 Å². The Morgan fingerprint density at radius 2 is 0.900 bits per heavy atom. The molecule has 0 aromatic heterocycles. The Hall–Kier alpha value is -1.26. The van der Waals surface area contributed by atoms with Gasteiger partial charge in [-0.05, 0) is 22.3 Å². The van der Waals surface area contributed by atoms with Gasteiger partial charge in [0.1, 0.15) is 59.7 Å². The molecule has 10 nitrogen and oxygen atoms in total. The van der Waals surface area contributed by atoms with Crippen LogP contribution in [0.25, 0.3) is 0 Å². The average molecular weight is 597 g/mol. The molecule has 0 aliphatic carbocycles. The Bertz CT molecular complexity index is 990. The van der Waals surface area contributed by atoms with E-state index in [0.717, 1.165) is 22.3 Å². The predicted octanol–water partition coefficient (Wildman–Crippen LogP) is 0.515. The van der Waals surface area contributed by atoms with Crippen LogP contribution in [0.3, 0.4) is 0 Å². The molecule has 0 radical (unpaired) electrons. The van der Waals surface area contributed by atoms with E-state index in [9.17, 15) is 30.6 Å². The van der Waals surface area contributed by atoms with E-state index in [0.29, 0.717) is 11.5 Å². The van der Waals surface area contributed by atoms with Gasteiger partial charge in [0.15, 0.2) is 0 Å². The van der Waals surface area contributed by atoms with Crippen molar-refractivity contribution in [1.29, 1.82) is 0 Å². The van der Waals surface area contributed by atoms with Crippen LogP contribution in [0, 0.1) is 0 Å². The van der Waals surface area contributed by atoms with Gasteiger partial charge in [-0.1, -0.05) is 48.5 Å². The van der Waals surface area contributed by atoms with E-state index in [-0.39, 0.29) is 13.2 Å². The fraction of sp³-hybridized carbons (Fsp3) is 0.571. The number of hydrogen-bond donors (Lipinski definition) is 6. The molecule has 40 heavy (non-hydrogen) atoms. The first-order valence-corrected chi connectivity index (χ1v) is 15.3. The molecule has 6 heterocycles. The topological polar surface area (TPSA) is 158 Å². The second kappa shape index (κ2) is 13.8. The smallest absolute Gasteiger partial charge is 0.132 e. The number of ether oxygens (including phenoxy) is 4. The Morgan fingerprint density at radius 3 is 1.25 bits per heavy atom. The van der Waals surface area contributed by atoms with Crippen LogP contribution in [-0.2, 0) is 43.7 Å². The average Bonchev–Trinajstić information content (AvgIpc) is 2.97. The maximum atomic E-state index is 11.0. The van der Waals surface area contributed by atoms with Crippen molar-refractivity contribution < 1.29 is 49.6 Å². The molecule has 6 aliphatic rings. The molecule has 6 aliphatic heterocycles. The molecule has 0 saturated carbocycles. The van der Waals surface area contributed by atoms with Gasteiger partial charge in [0, 0.05) is 11.5 Å². The molecule has 8 rings (SSSR count). The summed E-state index contributed by atoms with van der Waals surface area (Å²) in [5.74, 6) is 1.05. The molecule has 2 aromatic carbocycles. The lowest BCUT2D eigenvalue weighted by atomic mass is 10.00. The minimum atomic E-state index is -1.20. The van der Waals surface area contributed by atoms with Crippen LogP contribution in [0.15, 0.2) is 48.5 Å². The Balaban J connectivity index is 1.38. The summed E-state index contributed by atoms with van der Waals surface area (Å²) in [5, 5.41) is 62.9. The molecule has 220 valence electrons. The fourth-order valence-corrected chi connectivity index (χ4v) is 7.23. The van der Waals surface area contributed by atoms with Gasteiger partial charge in [-0.3, -0.25) is 0 Å². The van der Waals surface area contributed by atoms with Gasteiger partial charge in [-0.2, -0.15) is 0 Å². The number of benzene rings is 2. The van der Waals surface area contributed by atoms with Crippen LogP contribution in [0.4, 0.5) is 0 Å². The van der Waals surface area contributed by atoms with Crippen LogP contribution in [0.5, 0.6) is 0 Å². The molecule has 2 saturated heterocycles. The number of rotatable bonds is 2. The van der Waals surface area contributed by atoms with Gasteiger partial charge >= 0.3 is 0 Å². The molecule has 2 fully saturated rings. The minimum Gasteiger partial charge on any atom is -0.394 e. The SMILES string of the molecule is OC[C@H]1O[C@H]2SCc3ccc(cc3)CS[C@@H]3O[C@H](CO)[C@@H](O)[C@H](OCc4ccc(cc4)CO[C@H]([C@H]2O)[C@@H]1O)[C@H]3O. The van der Waals surface area contributed by atoms with Crippen molar-refractivity contribution in [2.45, 2.75) is 84.4 Å². The van der Waals surface area contributed by atoms with Crippen LogP contribution in [-0.4, -0.2) is 104 Å². The molecule has 0 spiro atoms. The highest BCUT2D eigenvalue weighted by Gasteiger charge is 2.46. The summed E-state index contributed by atoms with van der Waals surface area (Å²) in [7, 11) is 0. The highest BCUT2D eigenvalue weighted by Crippen LogP contribution is 2.34. The maximum Gasteiger partial charge on any atom is 0.132 e. The molecule has 12 heteroatoms. The monoisotopic (exact) mass is 596 g/mol. The molecular formula is C28H36O10S2. The Kier molecular flexibility index (Phi) is 10.4. The first-order valence-electron chi connectivity index (χ1n) is 13.2. The summed E-state index contributed by atoms with van der Waals surface area (Å²) < 4.78 is 23.5. The number of hydrogen-bond acceptors (Lipinski definition) is 12. The van der Waals surface area contributed by atoms with Crippen molar-refractivity contribution in [3.63, 3.8) is 0 Å². The van der Waals surface area contributed by atoms with Gasteiger partial charge in [0.2, 0.25) is 0 Å². The number of aliphatic hydroxyl groups is 6. The Labute approximate surface area is 241 Å². The summed E-state index contributed by atoms with van der Waals surface area (Å²) >= 11 is 2.73. The molecule has 2 aromatic rings. The zero-order valence-corrected chi connectivity index (χ0v) is 23.4. The van der Waals surface area contributed by atoms with Crippen LogP contribution < -0.4 is 0 Å². The van der Waals surface area contributed by atoms with Crippen molar-refractivity contribution in [2.24, 2.45) is 0 Å². The van der Waals surface area contributed by atoms with Crippen molar-refractivity contribution in [2.75, 3.05) is 13.2 Å². The third-order valence-corrected chi connectivity index (χ3v) is 9.84. The summed E-state index contributed by atoms with van der Waals surface area (Å²) in [4.78, 5) is 0. The zero-order valence-electron chi connectivity index (χ0n) is 21.8. The molecular weight excluding hydrogens is 560 g/mol. The van der Waals surface area contributed by atoms with Crippen molar-refractivity contribution in [3.8, 4) is 0 Å². The number of thioether (sulfide) groups is 2. The molecule has 8 bridgehead atoms. The van der Waals surface area contributed by atoms with Crippen LogP contribution in [0.2, 0.25) is 0 Å². The second-order valence-corrected chi connectivity index (χ2v) is 12.4. The first kappa shape index (κ1) is 30.2. The summed E-state index contributed by atoms with van der Waals surface area (Å²) in [6, 6.07) is 15.2. The molecule has 0 amide bonds. The van der Waals surface area contributed by atoms with Crippen LogP contribution >= 0.6 is 23.5 Å². The van der Waals surface area contributed by atoms with E-state index in [4.69, 9.17) is 18.9 Å². The van der Waals surface area contributed by atoms with Crippen molar-refractivity contribution in [1.82, 2.24) is 0 Å². The van der Waals surface area contributed by atoms with Gasteiger partial charge < -0.3 is 49.6 Å². The normalized spacial score (nSPS) is 37.5. The summed E-state index contributed by atoms with van der Waals surface area (Å²) in [6.45, 7) is -0.573.